The highest BCUT2D eigenvalue weighted by molar-refractivity contribution is 7.18. The van der Waals surface area contributed by atoms with E-state index in [1.165, 1.54) is 16.9 Å². The van der Waals surface area contributed by atoms with Crippen molar-refractivity contribution in [3.63, 3.8) is 0 Å². The normalized spacial score (nSPS) is 17.6. The summed E-state index contributed by atoms with van der Waals surface area (Å²) in [6, 6.07) is 6.05. The third kappa shape index (κ3) is 4.03. The summed E-state index contributed by atoms with van der Waals surface area (Å²) in [6.45, 7) is 2.84. The van der Waals surface area contributed by atoms with Crippen molar-refractivity contribution >= 4 is 33.4 Å². The molecule has 6 rings (SSSR count). The summed E-state index contributed by atoms with van der Waals surface area (Å²) in [4.78, 5) is 48.5. The molecule has 0 saturated heterocycles. The fourth-order valence-corrected chi connectivity index (χ4v) is 6.25. The molecular formula is C25H25N5O5S. The van der Waals surface area contributed by atoms with E-state index in [4.69, 9.17) is 15.2 Å². The number of benzene rings is 1. The molecule has 3 aliphatic heterocycles. The molecule has 3 aromatic rings. The average Bonchev–Trinajstić information content (AvgIpc) is 3.31. The van der Waals surface area contributed by atoms with Crippen molar-refractivity contribution in [2.45, 2.75) is 32.4 Å². The molecule has 2 aromatic heterocycles. The van der Waals surface area contributed by atoms with E-state index in [1.54, 1.807) is 0 Å². The minimum atomic E-state index is -0.438. The summed E-state index contributed by atoms with van der Waals surface area (Å²) < 4.78 is 10.6. The molecule has 0 atom stereocenters. The first kappa shape index (κ1) is 22.7. The fraction of sp³-hybridized carbons (Fsp3) is 0.360. The number of thiophene rings is 1. The number of ether oxygens (including phenoxy) is 2. The van der Waals surface area contributed by atoms with Gasteiger partial charge in [-0.05, 0) is 35.1 Å². The quantitative estimate of drug-likeness (QED) is 0.447. The van der Waals surface area contributed by atoms with E-state index >= 15 is 0 Å². The van der Waals surface area contributed by atoms with Crippen LogP contribution in [0.1, 0.15) is 37.7 Å². The number of aromatic nitrogens is 2. The van der Waals surface area contributed by atoms with E-state index in [2.05, 4.69) is 15.3 Å². The van der Waals surface area contributed by atoms with E-state index in [9.17, 15) is 14.4 Å². The van der Waals surface area contributed by atoms with E-state index in [0.29, 0.717) is 54.3 Å². The Morgan fingerprint density at radius 3 is 2.89 bits per heavy atom. The Morgan fingerprint density at radius 2 is 2.06 bits per heavy atom. The summed E-state index contributed by atoms with van der Waals surface area (Å²) in [5, 5.41) is 3.43. The average molecular weight is 508 g/mol. The first-order valence-electron chi connectivity index (χ1n) is 11.9. The van der Waals surface area contributed by atoms with Crippen molar-refractivity contribution in [3.05, 3.63) is 72.9 Å². The molecule has 186 valence electrons. The summed E-state index contributed by atoms with van der Waals surface area (Å²) in [5.74, 6) is -0.813. The van der Waals surface area contributed by atoms with Gasteiger partial charge >= 0.3 is 5.97 Å². The number of hydrogen-bond acceptors (Lipinski definition) is 9. The number of esters is 1. The predicted molar refractivity (Wildman–Crippen MR) is 132 cm³/mol. The lowest BCUT2D eigenvalue weighted by Gasteiger charge is -2.30. The van der Waals surface area contributed by atoms with E-state index < -0.39 is 5.91 Å². The summed E-state index contributed by atoms with van der Waals surface area (Å²) in [5.41, 5.74) is 10.8. The van der Waals surface area contributed by atoms with Crippen LogP contribution in [0.4, 0.5) is 0 Å². The molecule has 0 spiro atoms. The number of carbonyl (C=O) groups is 2. The van der Waals surface area contributed by atoms with Gasteiger partial charge in [-0.2, -0.15) is 0 Å². The van der Waals surface area contributed by atoms with Crippen molar-refractivity contribution in [2.75, 3.05) is 26.4 Å². The third-order valence-electron chi connectivity index (χ3n) is 6.84. The van der Waals surface area contributed by atoms with Crippen LogP contribution in [0.5, 0.6) is 0 Å². The van der Waals surface area contributed by atoms with Crippen molar-refractivity contribution < 1.29 is 19.1 Å². The smallest absolute Gasteiger partial charge is 0.356 e. The Balaban J connectivity index is 1.18. The number of hydrogen-bond donors (Lipinski definition) is 3. The zero-order valence-electron chi connectivity index (χ0n) is 19.5. The minimum Gasteiger partial charge on any atom is -0.454 e. The number of nitrogens with zero attached hydrogens (tertiary/aromatic N) is 2. The monoisotopic (exact) mass is 507 g/mol. The van der Waals surface area contributed by atoms with Crippen molar-refractivity contribution in [1.29, 1.82) is 0 Å². The SMILES string of the molecule is NC1=C(N2CCc3ccc(CNC(=O)c4nc5sc6c(c5c(=O)[nH]4)CCOCC6)cc3C2)C(=O)OC1. The number of carbonyl (C=O) groups excluding carboxylic acids is 2. The van der Waals surface area contributed by atoms with Gasteiger partial charge < -0.3 is 30.4 Å². The van der Waals surface area contributed by atoms with Crippen LogP contribution in [-0.4, -0.2) is 53.1 Å². The maximum atomic E-state index is 12.9. The first-order valence-corrected chi connectivity index (χ1v) is 12.7. The number of cyclic esters (lactones) is 1. The lowest BCUT2D eigenvalue weighted by Crippen LogP contribution is -2.33. The van der Waals surface area contributed by atoms with Crippen LogP contribution in [0.25, 0.3) is 10.2 Å². The molecule has 0 fully saturated rings. The van der Waals surface area contributed by atoms with E-state index in [-0.39, 0.29) is 30.5 Å². The van der Waals surface area contributed by atoms with Gasteiger partial charge in [0.15, 0.2) is 0 Å². The number of aromatic amines is 1. The van der Waals surface area contributed by atoms with Gasteiger partial charge in [-0.25, -0.2) is 9.78 Å². The number of H-pyrrole nitrogens is 1. The van der Waals surface area contributed by atoms with E-state index in [0.717, 1.165) is 34.4 Å². The minimum absolute atomic E-state index is 0.00597. The van der Waals surface area contributed by atoms with Gasteiger partial charge in [0.05, 0.1) is 24.3 Å². The van der Waals surface area contributed by atoms with Gasteiger partial charge in [-0.1, -0.05) is 18.2 Å². The highest BCUT2D eigenvalue weighted by Crippen LogP contribution is 2.30. The lowest BCUT2D eigenvalue weighted by molar-refractivity contribution is -0.137. The summed E-state index contributed by atoms with van der Waals surface area (Å²) in [7, 11) is 0. The zero-order valence-corrected chi connectivity index (χ0v) is 20.3. The molecule has 4 N–H and O–H groups in total. The molecule has 0 bridgehead atoms. The molecule has 5 heterocycles. The van der Waals surface area contributed by atoms with Crippen LogP contribution in [-0.2, 0) is 46.6 Å². The van der Waals surface area contributed by atoms with E-state index in [1.807, 2.05) is 23.1 Å². The van der Waals surface area contributed by atoms with Gasteiger partial charge in [0.1, 0.15) is 17.1 Å². The number of nitrogens with two attached hydrogens (primary N) is 1. The lowest BCUT2D eigenvalue weighted by atomic mass is 9.97. The topological polar surface area (TPSA) is 140 Å². The molecule has 1 amide bonds. The van der Waals surface area contributed by atoms with Gasteiger partial charge in [-0.3, -0.25) is 9.59 Å². The molecule has 0 unspecified atom stereocenters. The molecule has 0 radical (unpaired) electrons. The van der Waals surface area contributed by atoms with Gasteiger partial charge in [0.25, 0.3) is 11.5 Å². The Labute approximate surface area is 210 Å². The molecular weight excluding hydrogens is 482 g/mol. The Kier molecular flexibility index (Phi) is 5.73. The maximum Gasteiger partial charge on any atom is 0.356 e. The summed E-state index contributed by atoms with van der Waals surface area (Å²) >= 11 is 1.46. The molecule has 0 aliphatic carbocycles. The summed E-state index contributed by atoms with van der Waals surface area (Å²) in [6.07, 6.45) is 2.21. The van der Waals surface area contributed by atoms with Crippen molar-refractivity contribution in [3.8, 4) is 0 Å². The Hall–Kier alpha value is -3.70. The number of rotatable bonds is 4. The van der Waals surface area contributed by atoms with Crippen LogP contribution >= 0.6 is 11.3 Å². The van der Waals surface area contributed by atoms with Crippen LogP contribution in [0, 0.1) is 0 Å². The molecule has 3 aliphatic rings. The van der Waals surface area contributed by atoms with Crippen molar-refractivity contribution in [2.24, 2.45) is 5.73 Å². The number of nitrogens with one attached hydrogen (secondary N) is 2. The van der Waals surface area contributed by atoms with Gasteiger partial charge in [0, 0.05) is 30.9 Å². The molecule has 1 aromatic carbocycles. The largest absolute Gasteiger partial charge is 0.454 e. The Bertz CT molecular complexity index is 1490. The second-order valence-electron chi connectivity index (χ2n) is 9.12. The zero-order chi connectivity index (χ0) is 24.8. The third-order valence-corrected chi connectivity index (χ3v) is 8.02. The first-order chi connectivity index (χ1) is 17.5. The number of fused-ring (bicyclic) bond motifs is 4. The highest BCUT2D eigenvalue weighted by atomic mass is 32.1. The standard InChI is InChI=1S/C25H25N5O5S/c26-17-12-35-25(33)20(17)30-6-3-14-2-1-13(9-15(14)11-30)10-27-23(32)21-28-22(31)19-16-4-7-34-8-5-18(16)36-24(19)29-21/h1-2,9H,3-8,10-12,26H2,(H,27,32)(H,28,29,31). The van der Waals surface area contributed by atoms with Crippen molar-refractivity contribution in [1.82, 2.24) is 20.2 Å². The molecule has 36 heavy (non-hydrogen) atoms. The van der Waals surface area contributed by atoms with Crippen LogP contribution < -0.4 is 16.6 Å². The second kappa shape index (κ2) is 9.07. The van der Waals surface area contributed by atoms with Crippen LogP contribution in [0.3, 0.4) is 0 Å². The van der Waals surface area contributed by atoms with Crippen LogP contribution in [0.15, 0.2) is 34.4 Å². The van der Waals surface area contributed by atoms with Gasteiger partial charge in [0.2, 0.25) is 5.82 Å². The highest BCUT2D eigenvalue weighted by Gasteiger charge is 2.30. The molecule has 10 nitrogen and oxygen atoms in total. The predicted octanol–water partition coefficient (Wildman–Crippen LogP) is 1.11. The van der Waals surface area contributed by atoms with Crippen LogP contribution in [0.2, 0.25) is 0 Å². The molecule has 0 saturated carbocycles. The number of amides is 1. The second-order valence-corrected chi connectivity index (χ2v) is 10.2. The molecule has 11 heteroatoms. The Morgan fingerprint density at radius 1 is 1.19 bits per heavy atom. The fourth-order valence-electron chi connectivity index (χ4n) is 5.05. The van der Waals surface area contributed by atoms with Gasteiger partial charge in [-0.15, -0.1) is 11.3 Å². The maximum absolute atomic E-state index is 12.9.